The highest BCUT2D eigenvalue weighted by Crippen LogP contribution is 2.24. The standard InChI is InChI=1S/C12H13BrN2O2/c13-8-1-2-11-10(7-8)14-12(16)15(11)9-3-5-17-6-4-9/h1-2,7,9H,3-6H2,(H,14,16). The van der Waals surface area contributed by atoms with E-state index >= 15 is 0 Å². The molecule has 0 amide bonds. The van der Waals surface area contributed by atoms with Gasteiger partial charge in [0.2, 0.25) is 0 Å². The predicted molar refractivity (Wildman–Crippen MR) is 69.3 cm³/mol. The molecule has 0 unspecified atom stereocenters. The van der Waals surface area contributed by atoms with Crippen molar-refractivity contribution in [3.8, 4) is 0 Å². The Hall–Kier alpha value is -1.07. The molecule has 1 aromatic carbocycles. The monoisotopic (exact) mass is 296 g/mol. The summed E-state index contributed by atoms with van der Waals surface area (Å²) in [6.07, 6.45) is 1.81. The van der Waals surface area contributed by atoms with Crippen LogP contribution in [0.2, 0.25) is 0 Å². The molecule has 1 saturated heterocycles. The second-order valence-electron chi connectivity index (χ2n) is 4.31. The van der Waals surface area contributed by atoms with Crippen LogP contribution in [-0.4, -0.2) is 22.8 Å². The van der Waals surface area contributed by atoms with Crippen molar-refractivity contribution in [3.63, 3.8) is 0 Å². The van der Waals surface area contributed by atoms with Crippen LogP contribution < -0.4 is 5.69 Å². The molecule has 3 rings (SSSR count). The molecule has 17 heavy (non-hydrogen) atoms. The van der Waals surface area contributed by atoms with Crippen LogP contribution in [0, 0.1) is 0 Å². The van der Waals surface area contributed by atoms with Gasteiger partial charge in [0.05, 0.1) is 11.0 Å². The Morgan fingerprint density at radius 1 is 1.35 bits per heavy atom. The van der Waals surface area contributed by atoms with Gasteiger partial charge in [-0.1, -0.05) is 15.9 Å². The van der Waals surface area contributed by atoms with Crippen molar-refractivity contribution in [2.24, 2.45) is 0 Å². The molecular formula is C12H13BrN2O2. The van der Waals surface area contributed by atoms with E-state index in [0.29, 0.717) is 0 Å². The van der Waals surface area contributed by atoms with Gasteiger partial charge in [0, 0.05) is 23.7 Å². The van der Waals surface area contributed by atoms with Gasteiger partial charge in [0.1, 0.15) is 0 Å². The number of rotatable bonds is 1. The first-order valence-corrected chi connectivity index (χ1v) is 6.52. The highest BCUT2D eigenvalue weighted by Gasteiger charge is 2.19. The number of hydrogen-bond acceptors (Lipinski definition) is 2. The minimum atomic E-state index is -0.0231. The zero-order chi connectivity index (χ0) is 11.8. The first-order chi connectivity index (χ1) is 8.25. The van der Waals surface area contributed by atoms with E-state index < -0.39 is 0 Å². The third-order valence-corrected chi connectivity index (χ3v) is 3.73. The Bertz CT molecular complexity index is 596. The highest BCUT2D eigenvalue weighted by atomic mass is 79.9. The Labute approximate surface area is 107 Å². The van der Waals surface area contributed by atoms with Gasteiger partial charge < -0.3 is 9.72 Å². The largest absolute Gasteiger partial charge is 0.381 e. The molecule has 1 aliphatic rings. The molecule has 0 bridgehead atoms. The second kappa shape index (κ2) is 4.31. The summed E-state index contributed by atoms with van der Waals surface area (Å²) in [5.41, 5.74) is 1.84. The quantitative estimate of drug-likeness (QED) is 0.879. The van der Waals surface area contributed by atoms with E-state index in [1.165, 1.54) is 0 Å². The maximum absolute atomic E-state index is 12.0. The van der Waals surface area contributed by atoms with E-state index in [9.17, 15) is 4.79 Å². The molecule has 5 heteroatoms. The number of nitrogens with one attached hydrogen (secondary N) is 1. The van der Waals surface area contributed by atoms with Crippen molar-refractivity contribution < 1.29 is 4.74 Å². The Balaban J connectivity index is 2.14. The molecule has 0 saturated carbocycles. The van der Waals surface area contributed by atoms with Crippen molar-refractivity contribution in [1.82, 2.24) is 9.55 Å². The minimum Gasteiger partial charge on any atom is -0.381 e. The first-order valence-electron chi connectivity index (χ1n) is 5.73. The summed E-state index contributed by atoms with van der Waals surface area (Å²) in [5.74, 6) is 0. The smallest absolute Gasteiger partial charge is 0.326 e. The lowest BCUT2D eigenvalue weighted by Crippen LogP contribution is -2.27. The Morgan fingerprint density at radius 3 is 2.88 bits per heavy atom. The zero-order valence-electron chi connectivity index (χ0n) is 9.28. The minimum absolute atomic E-state index is 0.0231. The molecule has 90 valence electrons. The number of hydrogen-bond donors (Lipinski definition) is 1. The molecule has 1 fully saturated rings. The van der Waals surface area contributed by atoms with Gasteiger partial charge in [-0.05, 0) is 31.0 Å². The normalized spacial score (nSPS) is 17.7. The number of aromatic amines is 1. The van der Waals surface area contributed by atoms with E-state index in [1.54, 1.807) is 0 Å². The number of ether oxygens (including phenoxy) is 1. The van der Waals surface area contributed by atoms with Gasteiger partial charge in [-0.3, -0.25) is 4.57 Å². The summed E-state index contributed by atoms with van der Waals surface area (Å²) in [5, 5.41) is 0. The summed E-state index contributed by atoms with van der Waals surface area (Å²) in [7, 11) is 0. The van der Waals surface area contributed by atoms with E-state index in [-0.39, 0.29) is 11.7 Å². The van der Waals surface area contributed by atoms with Gasteiger partial charge >= 0.3 is 5.69 Å². The van der Waals surface area contributed by atoms with Crippen LogP contribution in [0.5, 0.6) is 0 Å². The van der Waals surface area contributed by atoms with Crippen molar-refractivity contribution in [3.05, 3.63) is 33.2 Å². The van der Waals surface area contributed by atoms with E-state index in [1.807, 2.05) is 22.8 Å². The average molecular weight is 297 g/mol. The van der Waals surface area contributed by atoms with Gasteiger partial charge in [-0.15, -0.1) is 0 Å². The average Bonchev–Trinajstić information content (AvgIpc) is 2.65. The summed E-state index contributed by atoms with van der Waals surface area (Å²) in [6, 6.07) is 6.14. The Morgan fingerprint density at radius 2 is 2.12 bits per heavy atom. The number of imidazole rings is 1. The number of H-pyrrole nitrogens is 1. The van der Waals surface area contributed by atoms with Crippen molar-refractivity contribution in [1.29, 1.82) is 0 Å². The van der Waals surface area contributed by atoms with Crippen LogP contribution in [0.4, 0.5) is 0 Å². The molecule has 0 atom stereocenters. The lowest BCUT2D eigenvalue weighted by atomic mass is 10.1. The highest BCUT2D eigenvalue weighted by molar-refractivity contribution is 9.10. The molecule has 1 N–H and O–H groups in total. The van der Waals surface area contributed by atoms with Crippen molar-refractivity contribution >= 4 is 27.0 Å². The maximum atomic E-state index is 12.0. The predicted octanol–water partition coefficient (Wildman–Crippen LogP) is 2.44. The topological polar surface area (TPSA) is 47.0 Å². The molecule has 1 aliphatic heterocycles. The van der Waals surface area contributed by atoms with Crippen LogP contribution in [0.15, 0.2) is 27.5 Å². The van der Waals surface area contributed by atoms with Crippen LogP contribution in [0.25, 0.3) is 11.0 Å². The number of halogens is 1. The van der Waals surface area contributed by atoms with Crippen LogP contribution in [0.1, 0.15) is 18.9 Å². The SMILES string of the molecule is O=c1[nH]c2cc(Br)ccc2n1C1CCOCC1. The summed E-state index contributed by atoms with van der Waals surface area (Å²) in [6.45, 7) is 1.47. The zero-order valence-corrected chi connectivity index (χ0v) is 10.9. The van der Waals surface area contributed by atoms with Crippen molar-refractivity contribution in [2.75, 3.05) is 13.2 Å². The fraction of sp³-hybridized carbons (Fsp3) is 0.417. The third-order valence-electron chi connectivity index (χ3n) is 3.23. The van der Waals surface area contributed by atoms with E-state index in [4.69, 9.17) is 4.74 Å². The van der Waals surface area contributed by atoms with Crippen LogP contribution in [0.3, 0.4) is 0 Å². The molecular weight excluding hydrogens is 284 g/mol. The molecule has 2 aromatic rings. The number of benzene rings is 1. The molecule has 2 heterocycles. The first kappa shape index (κ1) is 11.0. The number of fused-ring (bicyclic) bond motifs is 1. The lowest BCUT2D eigenvalue weighted by Gasteiger charge is -2.23. The number of aromatic nitrogens is 2. The summed E-state index contributed by atoms with van der Waals surface area (Å²) < 4.78 is 8.18. The fourth-order valence-corrected chi connectivity index (χ4v) is 2.77. The van der Waals surface area contributed by atoms with E-state index in [0.717, 1.165) is 41.6 Å². The molecule has 0 spiro atoms. The van der Waals surface area contributed by atoms with E-state index in [2.05, 4.69) is 20.9 Å². The molecule has 1 aromatic heterocycles. The third kappa shape index (κ3) is 1.93. The van der Waals surface area contributed by atoms with Crippen LogP contribution >= 0.6 is 15.9 Å². The molecule has 0 radical (unpaired) electrons. The molecule has 4 nitrogen and oxygen atoms in total. The van der Waals surface area contributed by atoms with Gasteiger partial charge in [0.15, 0.2) is 0 Å². The van der Waals surface area contributed by atoms with Crippen molar-refractivity contribution in [2.45, 2.75) is 18.9 Å². The van der Waals surface area contributed by atoms with Gasteiger partial charge in [0.25, 0.3) is 0 Å². The van der Waals surface area contributed by atoms with Crippen LogP contribution in [-0.2, 0) is 4.74 Å². The maximum Gasteiger partial charge on any atom is 0.326 e. The molecule has 0 aliphatic carbocycles. The number of nitrogens with zero attached hydrogens (tertiary/aromatic N) is 1. The van der Waals surface area contributed by atoms with Gasteiger partial charge in [-0.25, -0.2) is 4.79 Å². The summed E-state index contributed by atoms with van der Waals surface area (Å²) in [4.78, 5) is 14.9. The lowest BCUT2D eigenvalue weighted by molar-refractivity contribution is 0.0698. The Kier molecular flexibility index (Phi) is 2.80. The summed E-state index contributed by atoms with van der Waals surface area (Å²) >= 11 is 3.41. The second-order valence-corrected chi connectivity index (χ2v) is 5.22. The fourth-order valence-electron chi connectivity index (χ4n) is 2.41. The van der Waals surface area contributed by atoms with Gasteiger partial charge in [-0.2, -0.15) is 0 Å².